The van der Waals surface area contributed by atoms with E-state index >= 15 is 0 Å². The van der Waals surface area contributed by atoms with E-state index in [1.807, 2.05) is 19.9 Å². The molecule has 110 valence electrons. The molecule has 1 unspecified atom stereocenters. The van der Waals surface area contributed by atoms with Gasteiger partial charge in [0.15, 0.2) is 0 Å². The van der Waals surface area contributed by atoms with Gasteiger partial charge in [-0.05, 0) is 26.7 Å². The van der Waals surface area contributed by atoms with Gasteiger partial charge in [0.05, 0.1) is 5.92 Å². The number of aromatic nitrogens is 2. The Morgan fingerprint density at radius 2 is 2.30 bits per heavy atom. The minimum atomic E-state index is 0.0478. The summed E-state index contributed by atoms with van der Waals surface area (Å²) in [7, 11) is 1.69. The van der Waals surface area contributed by atoms with Gasteiger partial charge in [0.1, 0.15) is 17.5 Å². The molecule has 1 aromatic heterocycles. The van der Waals surface area contributed by atoms with Crippen LogP contribution < -0.4 is 15.5 Å². The summed E-state index contributed by atoms with van der Waals surface area (Å²) in [6.45, 7) is 6.43. The quantitative estimate of drug-likeness (QED) is 0.865. The molecule has 1 amide bonds. The molecule has 1 saturated heterocycles. The second-order valence-corrected chi connectivity index (χ2v) is 5.09. The minimum absolute atomic E-state index is 0.0478. The molecule has 0 bridgehead atoms. The van der Waals surface area contributed by atoms with Crippen LogP contribution in [0.2, 0.25) is 0 Å². The average molecular weight is 277 g/mol. The van der Waals surface area contributed by atoms with Gasteiger partial charge in [-0.3, -0.25) is 4.79 Å². The van der Waals surface area contributed by atoms with Gasteiger partial charge in [-0.25, -0.2) is 9.97 Å². The number of anilines is 2. The molecule has 6 heteroatoms. The zero-order valence-electron chi connectivity index (χ0n) is 12.4. The first-order valence-corrected chi connectivity index (χ1v) is 7.20. The third kappa shape index (κ3) is 3.37. The van der Waals surface area contributed by atoms with Crippen molar-refractivity contribution in [2.75, 3.05) is 36.9 Å². The molecule has 0 aliphatic carbocycles. The number of piperidine rings is 1. The van der Waals surface area contributed by atoms with Gasteiger partial charge in [-0.15, -0.1) is 0 Å². The molecule has 0 saturated carbocycles. The Morgan fingerprint density at radius 3 is 3.00 bits per heavy atom. The first kappa shape index (κ1) is 14.6. The second kappa shape index (κ2) is 6.54. The molecular weight excluding hydrogens is 254 g/mol. The number of hydrogen-bond acceptors (Lipinski definition) is 5. The van der Waals surface area contributed by atoms with Crippen LogP contribution in [0.4, 0.5) is 11.6 Å². The lowest BCUT2D eigenvalue weighted by atomic mass is 9.97. The molecule has 0 spiro atoms. The van der Waals surface area contributed by atoms with Crippen LogP contribution in [-0.2, 0) is 4.79 Å². The van der Waals surface area contributed by atoms with Gasteiger partial charge in [0.25, 0.3) is 0 Å². The largest absolute Gasteiger partial charge is 0.370 e. The van der Waals surface area contributed by atoms with E-state index in [-0.39, 0.29) is 11.8 Å². The van der Waals surface area contributed by atoms with Crippen molar-refractivity contribution in [1.29, 1.82) is 0 Å². The maximum Gasteiger partial charge on any atom is 0.224 e. The van der Waals surface area contributed by atoms with Crippen LogP contribution in [0.5, 0.6) is 0 Å². The van der Waals surface area contributed by atoms with Gasteiger partial charge in [-0.2, -0.15) is 0 Å². The van der Waals surface area contributed by atoms with Gasteiger partial charge in [-0.1, -0.05) is 0 Å². The monoisotopic (exact) mass is 277 g/mol. The third-order valence-electron chi connectivity index (χ3n) is 3.54. The summed E-state index contributed by atoms with van der Waals surface area (Å²) in [6.07, 6.45) is 1.96. The third-order valence-corrected chi connectivity index (χ3v) is 3.54. The molecule has 20 heavy (non-hydrogen) atoms. The fraction of sp³-hybridized carbons (Fsp3) is 0.643. The molecule has 6 nitrogen and oxygen atoms in total. The van der Waals surface area contributed by atoms with E-state index in [1.54, 1.807) is 7.05 Å². The highest BCUT2D eigenvalue weighted by atomic mass is 16.1. The van der Waals surface area contributed by atoms with Crippen LogP contribution in [0, 0.1) is 12.8 Å². The van der Waals surface area contributed by atoms with E-state index < -0.39 is 0 Å². The minimum Gasteiger partial charge on any atom is -0.370 e. The maximum atomic E-state index is 11.8. The number of hydrogen-bond donors (Lipinski definition) is 2. The molecule has 0 aromatic carbocycles. The van der Waals surface area contributed by atoms with Crippen LogP contribution in [0.25, 0.3) is 0 Å². The highest BCUT2D eigenvalue weighted by Crippen LogP contribution is 2.23. The van der Waals surface area contributed by atoms with E-state index in [0.29, 0.717) is 0 Å². The van der Waals surface area contributed by atoms with Crippen molar-refractivity contribution in [1.82, 2.24) is 15.3 Å². The number of aryl methyl sites for hydroxylation is 1. The molecule has 2 N–H and O–H groups in total. The number of nitrogens with zero attached hydrogens (tertiary/aromatic N) is 3. The SMILES string of the molecule is CCNc1cc(N2CCCC(C(=O)NC)C2)nc(C)n1. The van der Waals surface area contributed by atoms with E-state index in [2.05, 4.69) is 25.5 Å². The molecule has 1 aliphatic rings. The first-order valence-electron chi connectivity index (χ1n) is 7.20. The van der Waals surface area contributed by atoms with Crippen molar-refractivity contribution in [2.45, 2.75) is 26.7 Å². The Bertz CT molecular complexity index is 477. The Balaban J connectivity index is 2.15. The number of nitrogens with one attached hydrogen (secondary N) is 2. The van der Waals surface area contributed by atoms with Crippen molar-refractivity contribution in [3.8, 4) is 0 Å². The fourth-order valence-electron chi connectivity index (χ4n) is 2.59. The standard InChI is InChI=1S/C14H23N5O/c1-4-16-12-8-13(18-10(2)17-12)19-7-5-6-11(9-19)14(20)15-3/h8,11H,4-7,9H2,1-3H3,(H,15,20)(H,16,17,18). The number of amides is 1. The molecular formula is C14H23N5O. The van der Waals surface area contributed by atoms with E-state index in [1.165, 1.54) is 0 Å². The van der Waals surface area contributed by atoms with Crippen molar-refractivity contribution in [3.63, 3.8) is 0 Å². The predicted molar refractivity (Wildman–Crippen MR) is 79.9 cm³/mol. The summed E-state index contributed by atoms with van der Waals surface area (Å²) in [4.78, 5) is 22.8. The van der Waals surface area contributed by atoms with Crippen LogP contribution in [0.3, 0.4) is 0 Å². The number of carbonyl (C=O) groups is 1. The second-order valence-electron chi connectivity index (χ2n) is 5.09. The van der Waals surface area contributed by atoms with Crippen molar-refractivity contribution in [3.05, 3.63) is 11.9 Å². The molecule has 1 aliphatic heterocycles. The molecule has 2 rings (SSSR count). The summed E-state index contributed by atoms with van der Waals surface area (Å²) >= 11 is 0. The molecule has 0 radical (unpaired) electrons. The van der Waals surface area contributed by atoms with Crippen LogP contribution in [0.1, 0.15) is 25.6 Å². The summed E-state index contributed by atoms with van der Waals surface area (Å²) < 4.78 is 0. The van der Waals surface area contributed by atoms with Gasteiger partial charge < -0.3 is 15.5 Å². The highest BCUT2D eigenvalue weighted by Gasteiger charge is 2.26. The lowest BCUT2D eigenvalue weighted by Crippen LogP contribution is -2.42. The Kier molecular flexibility index (Phi) is 4.76. The smallest absolute Gasteiger partial charge is 0.224 e. The normalized spacial score (nSPS) is 18.8. The Hall–Kier alpha value is -1.85. The first-order chi connectivity index (χ1) is 9.63. The molecule has 1 aromatic rings. The fourth-order valence-corrected chi connectivity index (χ4v) is 2.59. The zero-order chi connectivity index (χ0) is 14.5. The molecule has 1 atom stereocenters. The van der Waals surface area contributed by atoms with Crippen molar-refractivity contribution < 1.29 is 4.79 Å². The lowest BCUT2D eigenvalue weighted by Gasteiger charge is -2.32. The van der Waals surface area contributed by atoms with Crippen molar-refractivity contribution in [2.24, 2.45) is 5.92 Å². The predicted octanol–water partition coefficient (Wildman–Crippen LogP) is 1.18. The molecule has 2 heterocycles. The van der Waals surface area contributed by atoms with Crippen LogP contribution >= 0.6 is 0 Å². The van der Waals surface area contributed by atoms with E-state index in [0.717, 1.165) is 49.9 Å². The number of carbonyl (C=O) groups excluding carboxylic acids is 1. The van der Waals surface area contributed by atoms with E-state index in [4.69, 9.17) is 0 Å². The maximum absolute atomic E-state index is 11.8. The summed E-state index contributed by atoms with van der Waals surface area (Å²) in [5.74, 6) is 2.67. The molecule has 1 fully saturated rings. The Labute approximate surface area is 120 Å². The van der Waals surface area contributed by atoms with Gasteiger partial charge in [0, 0.05) is 32.7 Å². The van der Waals surface area contributed by atoms with Crippen molar-refractivity contribution >= 4 is 17.5 Å². The van der Waals surface area contributed by atoms with Gasteiger partial charge >= 0.3 is 0 Å². The zero-order valence-corrected chi connectivity index (χ0v) is 12.4. The topological polar surface area (TPSA) is 70.2 Å². The average Bonchev–Trinajstić information content (AvgIpc) is 2.46. The van der Waals surface area contributed by atoms with Crippen LogP contribution in [0.15, 0.2) is 6.07 Å². The van der Waals surface area contributed by atoms with Gasteiger partial charge in [0.2, 0.25) is 5.91 Å². The summed E-state index contributed by atoms with van der Waals surface area (Å²) in [6, 6.07) is 1.96. The van der Waals surface area contributed by atoms with E-state index in [9.17, 15) is 4.79 Å². The lowest BCUT2D eigenvalue weighted by molar-refractivity contribution is -0.124. The Morgan fingerprint density at radius 1 is 1.50 bits per heavy atom. The number of rotatable bonds is 4. The summed E-state index contributed by atoms with van der Waals surface area (Å²) in [5.41, 5.74) is 0. The van der Waals surface area contributed by atoms with Crippen LogP contribution in [-0.4, -0.2) is 42.6 Å². The summed E-state index contributed by atoms with van der Waals surface area (Å²) in [5, 5.41) is 5.95. The highest BCUT2D eigenvalue weighted by molar-refractivity contribution is 5.79.